The third-order valence-electron chi connectivity index (χ3n) is 6.03. The Morgan fingerprint density at radius 1 is 1.39 bits per heavy atom. The Balaban J connectivity index is 1.47. The van der Waals surface area contributed by atoms with Crippen LogP contribution < -0.4 is 0 Å². The zero-order valence-corrected chi connectivity index (χ0v) is 13.7. The number of nitrogens with zero attached hydrogens (tertiary/aromatic N) is 3. The van der Waals surface area contributed by atoms with Crippen LogP contribution in [0.25, 0.3) is 0 Å². The summed E-state index contributed by atoms with van der Waals surface area (Å²) in [6, 6.07) is 2.55. The largest absolute Gasteiger partial charge is 0.481 e. The minimum Gasteiger partial charge on any atom is -0.481 e. The van der Waals surface area contributed by atoms with Crippen LogP contribution in [0.5, 0.6) is 0 Å². The lowest BCUT2D eigenvalue weighted by molar-refractivity contribution is -0.149. The molecule has 1 aliphatic carbocycles. The lowest BCUT2D eigenvalue weighted by Gasteiger charge is -2.28. The first-order valence-corrected chi connectivity index (χ1v) is 8.69. The number of hydrogen-bond donors (Lipinski definition) is 1. The van der Waals surface area contributed by atoms with Crippen LogP contribution in [-0.4, -0.2) is 58.3 Å². The van der Waals surface area contributed by atoms with Crippen molar-refractivity contribution >= 4 is 5.97 Å². The Labute approximate surface area is 136 Å². The molecule has 4 rings (SSSR count). The van der Waals surface area contributed by atoms with Gasteiger partial charge in [0.1, 0.15) is 0 Å². The number of aliphatic carboxylic acids is 1. The summed E-state index contributed by atoms with van der Waals surface area (Å²) in [6.45, 7) is 5.68. The maximum atomic E-state index is 12.1. The molecule has 2 atom stereocenters. The number of fused-ring (bicyclic) bond motifs is 1. The Morgan fingerprint density at radius 2 is 2.17 bits per heavy atom. The molecule has 0 bridgehead atoms. The summed E-state index contributed by atoms with van der Waals surface area (Å²) >= 11 is 0. The molecule has 0 unspecified atom stereocenters. The average Bonchev–Trinajstić information content (AvgIpc) is 3.21. The van der Waals surface area contributed by atoms with Gasteiger partial charge in [-0.2, -0.15) is 0 Å². The van der Waals surface area contributed by atoms with E-state index in [4.69, 9.17) is 4.52 Å². The van der Waals surface area contributed by atoms with Gasteiger partial charge in [-0.1, -0.05) is 18.0 Å². The standard InChI is InChI=1S/C17H25N3O3/c1-12-6-15(23-18-12)9-19-7-13-8-20(14-4-2-3-5-14)11-17(13,10-19)16(21)22/h6,13-14H,2-5,7-11H2,1H3,(H,21,22)/t13-,17-/m1/s1. The summed E-state index contributed by atoms with van der Waals surface area (Å²) in [5.74, 6) is 0.430. The second-order valence-electron chi connectivity index (χ2n) is 7.63. The summed E-state index contributed by atoms with van der Waals surface area (Å²) in [7, 11) is 0. The predicted molar refractivity (Wildman–Crippen MR) is 83.9 cm³/mol. The van der Waals surface area contributed by atoms with Crippen LogP contribution >= 0.6 is 0 Å². The van der Waals surface area contributed by atoms with Gasteiger partial charge in [-0.15, -0.1) is 0 Å². The van der Waals surface area contributed by atoms with Crippen molar-refractivity contribution in [1.29, 1.82) is 0 Å². The molecule has 1 aromatic heterocycles. The molecule has 0 amide bonds. The zero-order valence-electron chi connectivity index (χ0n) is 13.7. The van der Waals surface area contributed by atoms with Gasteiger partial charge >= 0.3 is 5.97 Å². The van der Waals surface area contributed by atoms with Gasteiger partial charge in [-0.05, 0) is 19.8 Å². The van der Waals surface area contributed by atoms with Crippen LogP contribution in [0, 0.1) is 18.3 Å². The molecule has 1 saturated carbocycles. The number of aromatic nitrogens is 1. The minimum atomic E-state index is -0.626. The summed E-state index contributed by atoms with van der Waals surface area (Å²) in [6.07, 6.45) is 5.07. The summed E-state index contributed by atoms with van der Waals surface area (Å²) in [4.78, 5) is 16.8. The summed E-state index contributed by atoms with van der Waals surface area (Å²) in [5.41, 5.74) is 0.275. The number of rotatable bonds is 4. The molecule has 1 N–H and O–H groups in total. The van der Waals surface area contributed by atoms with Crippen LogP contribution in [0.4, 0.5) is 0 Å². The number of carboxylic acids is 1. The van der Waals surface area contributed by atoms with Crippen molar-refractivity contribution in [2.45, 2.75) is 45.2 Å². The molecular weight excluding hydrogens is 294 g/mol. The second-order valence-corrected chi connectivity index (χ2v) is 7.63. The molecule has 23 heavy (non-hydrogen) atoms. The minimum absolute atomic E-state index is 0.226. The van der Waals surface area contributed by atoms with Crippen molar-refractivity contribution in [1.82, 2.24) is 15.0 Å². The van der Waals surface area contributed by atoms with E-state index < -0.39 is 11.4 Å². The van der Waals surface area contributed by atoms with Crippen molar-refractivity contribution in [3.8, 4) is 0 Å². The van der Waals surface area contributed by atoms with Gasteiger partial charge in [0.25, 0.3) is 0 Å². The van der Waals surface area contributed by atoms with Crippen LogP contribution in [0.1, 0.15) is 37.1 Å². The highest BCUT2D eigenvalue weighted by molar-refractivity contribution is 5.77. The van der Waals surface area contributed by atoms with E-state index in [0.29, 0.717) is 25.7 Å². The molecule has 3 heterocycles. The third-order valence-corrected chi connectivity index (χ3v) is 6.03. The highest BCUT2D eigenvalue weighted by Gasteiger charge is 2.58. The molecule has 6 nitrogen and oxygen atoms in total. The maximum absolute atomic E-state index is 12.1. The fourth-order valence-corrected chi connectivity index (χ4v) is 4.89. The monoisotopic (exact) mass is 319 g/mol. The van der Waals surface area contributed by atoms with Gasteiger partial charge in [-0.3, -0.25) is 14.6 Å². The molecule has 6 heteroatoms. The summed E-state index contributed by atoms with van der Waals surface area (Å²) in [5, 5.41) is 13.9. The van der Waals surface area contributed by atoms with Gasteiger partial charge in [0, 0.05) is 44.2 Å². The summed E-state index contributed by atoms with van der Waals surface area (Å²) < 4.78 is 5.29. The van der Waals surface area contributed by atoms with Gasteiger partial charge in [0.05, 0.1) is 17.7 Å². The van der Waals surface area contributed by atoms with E-state index in [1.165, 1.54) is 25.7 Å². The maximum Gasteiger partial charge on any atom is 0.312 e. The van der Waals surface area contributed by atoms with Crippen molar-refractivity contribution in [2.24, 2.45) is 11.3 Å². The first kappa shape index (κ1) is 15.1. The third kappa shape index (κ3) is 2.58. The predicted octanol–water partition coefficient (Wildman–Crippen LogP) is 1.74. The second kappa shape index (κ2) is 5.60. The molecule has 3 fully saturated rings. The number of carboxylic acid groups (broad SMARTS) is 1. The van der Waals surface area contributed by atoms with Crippen molar-refractivity contribution in [3.05, 3.63) is 17.5 Å². The first-order chi connectivity index (χ1) is 11.1. The highest BCUT2D eigenvalue weighted by atomic mass is 16.5. The van der Waals surface area contributed by atoms with E-state index in [1.54, 1.807) is 0 Å². The van der Waals surface area contributed by atoms with Crippen LogP contribution in [0.3, 0.4) is 0 Å². The number of carbonyl (C=O) groups is 1. The van der Waals surface area contributed by atoms with Crippen molar-refractivity contribution in [3.63, 3.8) is 0 Å². The lowest BCUT2D eigenvalue weighted by atomic mass is 9.81. The van der Waals surface area contributed by atoms with E-state index in [9.17, 15) is 9.90 Å². The molecule has 1 aromatic rings. The normalized spacial score (nSPS) is 32.7. The van der Waals surface area contributed by atoms with Gasteiger partial charge < -0.3 is 9.63 Å². The van der Waals surface area contributed by atoms with Gasteiger partial charge in [0.15, 0.2) is 5.76 Å². The van der Waals surface area contributed by atoms with Crippen LogP contribution in [0.15, 0.2) is 10.6 Å². The quantitative estimate of drug-likeness (QED) is 0.912. The van der Waals surface area contributed by atoms with Crippen molar-refractivity contribution < 1.29 is 14.4 Å². The fourth-order valence-electron chi connectivity index (χ4n) is 4.89. The van der Waals surface area contributed by atoms with E-state index >= 15 is 0 Å². The molecule has 2 saturated heterocycles. The number of aryl methyl sites for hydroxylation is 1. The van der Waals surface area contributed by atoms with E-state index in [1.807, 2.05) is 13.0 Å². The highest BCUT2D eigenvalue weighted by Crippen LogP contribution is 2.45. The smallest absolute Gasteiger partial charge is 0.312 e. The first-order valence-electron chi connectivity index (χ1n) is 8.69. The molecule has 0 aromatic carbocycles. The zero-order chi connectivity index (χ0) is 16.0. The molecule has 126 valence electrons. The molecule has 0 spiro atoms. The molecule has 3 aliphatic rings. The Morgan fingerprint density at radius 3 is 2.78 bits per heavy atom. The Hall–Kier alpha value is -1.40. The lowest BCUT2D eigenvalue weighted by Crippen LogP contribution is -2.42. The SMILES string of the molecule is Cc1cc(CN2C[C@@H]3CN(C4CCCC4)C[C@]3(C(=O)O)C2)on1. The van der Waals surface area contributed by atoms with Crippen LogP contribution in [-0.2, 0) is 11.3 Å². The van der Waals surface area contributed by atoms with Crippen LogP contribution in [0.2, 0.25) is 0 Å². The molecular formula is C17H25N3O3. The van der Waals surface area contributed by atoms with Gasteiger partial charge in [0.2, 0.25) is 0 Å². The fraction of sp³-hybridized carbons (Fsp3) is 0.765. The van der Waals surface area contributed by atoms with Gasteiger partial charge in [-0.25, -0.2) is 0 Å². The molecule has 2 aliphatic heterocycles. The Kier molecular flexibility index (Phi) is 3.69. The topological polar surface area (TPSA) is 69.8 Å². The average molecular weight is 319 g/mol. The van der Waals surface area contributed by atoms with E-state index in [2.05, 4.69) is 15.0 Å². The molecule has 0 radical (unpaired) electrons. The number of likely N-dealkylation sites (tertiary alicyclic amines) is 2. The number of hydrogen-bond acceptors (Lipinski definition) is 5. The van der Waals surface area contributed by atoms with E-state index in [0.717, 1.165) is 24.5 Å². The van der Waals surface area contributed by atoms with Crippen molar-refractivity contribution in [2.75, 3.05) is 26.2 Å². The Bertz CT molecular complexity index is 596. The van der Waals surface area contributed by atoms with E-state index in [-0.39, 0.29) is 5.92 Å².